The van der Waals surface area contributed by atoms with Gasteiger partial charge in [0.2, 0.25) is 0 Å². The zero-order valence-corrected chi connectivity index (χ0v) is 9.27. The third-order valence-electron chi connectivity index (χ3n) is 2.49. The summed E-state index contributed by atoms with van der Waals surface area (Å²) in [5.74, 6) is -5.14. The molecule has 0 aromatic heterocycles. The van der Waals surface area contributed by atoms with Gasteiger partial charge in [0.1, 0.15) is 17.5 Å². The van der Waals surface area contributed by atoms with Crippen LogP contribution in [-0.4, -0.2) is 5.11 Å². The fraction of sp³-hybridized carbons (Fsp3) is 0.0769. The lowest BCUT2D eigenvalue weighted by molar-refractivity contribution is 0.427. The smallest absolute Gasteiger partial charge is 0.165 e. The topological polar surface area (TPSA) is 20.2 Å². The van der Waals surface area contributed by atoms with Crippen molar-refractivity contribution in [3.8, 4) is 16.9 Å². The molecule has 0 unspecified atom stereocenters. The summed E-state index contributed by atoms with van der Waals surface area (Å²) < 4.78 is 53.9. The Morgan fingerprint density at radius 3 is 1.89 bits per heavy atom. The first kappa shape index (κ1) is 12.4. The molecule has 0 radical (unpaired) electrons. The summed E-state index contributed by atoms with van der Waals surface area (Å²) in [5.41, 5.74) is -0.897. The van der Waals surface area contributed by atoms with E-state index < -0.39 is 40.1 Å². The van der Waals surface area contributed by atoms with Gasteiger partial charge in [0.05, 0.1) is 5.56 Å². The number of rotatable bonds is 1. The van der Waals surface area contributed by atoms with Crippen molar-refractivity contribution >= 4 is 0 Å². The normalized spacial score (nSPS) is 10.7. The van der Waals surface area contributed by atoms with E-state index in [1.54, 1.807) is 0 Å². The quantitative estimate of drug-likeness (QED) is 0.766. The highest BCUT2D eigenvalue weighted by atomic mass is 19.1. The Bertz CT molecular complexity index is 600. The maximum Gasteiger partial charge on any atom is 0.165 e. The van der Waals surface area contributed by atoms with Gasteiger partial charge in [0.15, 0.2) is 11.6 Å². The third-order valence-corrected chi connectivity index (χ3v) is 2.49. The highest BCUT2D eigenvalue weighted by Crippen LogP contribution is 2.32. The molecule has 0 amide bonds. The molecule has 0 aliphatic heterocycles. The number of hydrogen-bond acceptors (Lipinski definition) is 1. The second-order valence-electron chi connectivity index (χ2n) is 3.89. The van der Waals surface area contributed by atoms with E-state index in [2.05, 4.69) is 0 Å². The van der Waals surface area contributed by atoms with Crippen LogP contribution in [0.5, 0.6) is 5.75 Å². The summed E-state index contributed by atoms with van der Waals surface area (Å²) in [6.45, 7) is 1.48. The van der Waals surface area contributed by atoms with Crippen molar-refractivity contribution in [2.75, 3.05) is 0 Å². The molecule has 1 nitrogen and oxygen atoms in total. The molecular formula is C13H8F4O. The zero-order chi connectivity index (χ0) is 13.4. The van der Waals surface area contributed by atoms with Crippen LogP contribution in [0.15, 0.2) is 24.3 Å². The fourth-order valence-electron chi connectivity index (χ4n) is 1.69. The Morgan fingerprint density at radius 1 is 0.778 bits per heavy atom. The summed E-state index contributed by atoms with van der Waals surface area (Å²) >= 11 is 0. The molecule has 0 saturated carbocycles. The maximum atomic E-state index is 13.6. The number of phenols is 1. The minimum absolute atomic E-state index is 0.327. The highest BCUT2D eigenvalue weighted by Gasteiger charge is 2.18. The first-order chi connectivity index (χ1) is 8.40. The van der Waals surface area contributed by atoms with Crippen LogP contribution in [0.3, 0.4) is 0 Å². The fourth-order valence-corrected chi connectivity index (χ4v) is 1.69. The van der Waals surface area contributed by atoms with Crippen LogP contribution in [0, 0.1) is 30.2 Å². The van der Waals surface area contributed by atoms with E-state index >= 15 is 0 Å². The molecule has 2 rings (SSSR count). The summed E-state index contributed by atoms with van der Waals surface area (Å²) in [5, 5.41) is 8.95. The molecule has 5 heteroatoms. The van der Waals surface area contributed by atoms with Gasteiger partial charge in [-0.2, -0.15) is 0 Å². The van der Waals surface area contributed by atoms with Crippen molar-refractivity contribution in [2.24, 2.45) is 0 Å². The van der Waals surface area contributed by atoms with Crippen molar-refractivity contribution < 1.29 is 22.7 Å². The van der Waals surface area contributed by atoms with Gasteiger partial charge < -0.3 is 5.11 Å². The molecule has 0 atom stereocenters. The standard InChI is InChI=1S/C13H8F4O/c1-6-2-10(16)13(11(17)3-6)7-4-9(15)12(18)5-8(7)14/h2-5,18H,1H3. The second kappa shape index (κ2) is 4.33. The molecule has 2 aromatic carbocycles. The lowest BCUT2D eigenvalue weighted by Crippen LogP contribution is -1.95. The molecular weight excluding hydrogens is 248 g/mol. The molecule has 0 fully saturated rings. The van der Waals surface area contributed by atoms with Crippen LogP contribution in [0.1, 0.15) is 5.56 Å². The van der Waals surface area contributed by atoms with E-state index in [-0.39, 0.29) is 0 Å². The molecule has 0 saturated heterocycles. The van der Waals surface area contributed by atoms with Gasteiger partial charge in [-0.3, -0.25) is 0 Å². The van der Waals surface area contributed by atoms with E-state index in [4.69, 9.17) is 5.11 Å². The average Bonchev–Trinajstić information content (AvgIpc) is 2.24. The molecule has 0 bridgehead atoms. The summed E-state index contributed by atoms with van der Waals surface area (Å²) in [6, 6.07) is 3.07. The van der Waals surface area contributed by atoms with Crippen molar-refractivity contribution in [1.29, 1.82) is 0 Å². The number of aryl methyl sites for hydroxylation is 1. The minimum atomic E-state index is -1.15. The van der Waals surface area contributed by atoms with Crippen LogP contribution in [0.25, 0.3) is 11.1 Å². The molecule has 18 heavy (non-hydrogen) atoms. The summed E-state index contributed by atoms with van der Waals surface area (Å²) in [4.78, 5) is 0. The Balaban J connectivity index is 2.73. The molecule has 94 valence electrons. The third kappa shape index (κ3) is 2.03. The van der Waals surface area contributed by atoms with Crippen molar-refractivity contribution in [3.05, 3.63) is 53.1 Å². The zero-order valence-electron chi connectivity index (χ0n) is 9.27. The van der Waals surface area contributed by atoms with Gasteiger partial charge in [0.25, 0.3) is 0 Å². The first-order valence-corrected chi connectivity index (χ1v) is 5.04. The monoisotopic (exact) mass is 256 g/mol. The van der Waals surface area contributed by atoms with Crippen molar-refractivity contribution in [2.45, 2.75) is 6.92 Å². The lowest BCUT2D eigenvalue weighted by atomic mass is 10.0. The molecule has 2 aromatic rings. The number of aromatic hydroxyl groups is 1. The van der Waals surface area contributed by atoms with Gasteiger partial charge in [-0.15, -0.1) is 0 Å². The Morgan fingerprint density at radius 2 is 1.33 bits per heavy atom. The van der Waals surface area contributed by atoms with Gasteiger partial charge in [0, 0.05) is 11.6 Å². The largest absolute Gasteiger partial charge is 0.505 e. The number of hydrogen-bond donors (Lipinski definition) is 1. The van der Waals surface area contributed by atoms with E-state index in [0.29, 0.717) is 17.7 Å². The van der Waals surface area contributed by atoms with Crippen molar-refractivity contribution in [1.82, 2.24) is 0 Å². The SMILES string of the molecule is Cc1cc(F)c(-c2cc(F)c(O)cc2F)c(F)c1. The molecule has 0 aliphatic rings. The van der Waals surface area contributed by atoms with Crippen LogP contribution >= 0.6 is 0 Å². The minimum Gasteiger partial charge on any atom is -0.505 e. The molecule has 0 spiro atoms. The highest BCUT2D eigenvalue weighted by molar-refractivity contribution is 5.67. The summed E-state index contributed by atoms with van der Waals surface area (Å²) in [7, 11) is 0. The van der Waals surface area contributed by atoms with Gasteiger partial charge in [-0.1, -0.05) is 0 Å². The Hall–Kier alpha value is -2.04. The van der Waals surface area contributed by atoms with Crippen LogP contribution in [-0.2, 0) is 0 Å². The van der Waals surface area contributed by atoms with Crippen LogP contribution in [0.2, 0.25) is 0 Å². The van der Waals surface area contributed by atoms with E-state index in [1.807, 2.05) is 0 Å². The molecule has 0 heterocycles. The van der Waals surface area contributed by atoms with E-state index in [0.717, 1.165) is 12.1 Å². The first-order valence-electron chi connectivity index (χ1n) is 5.04. The van der Waals surface area contributed by atoms with Crippen LogP contribution in [0.4, 0.5) is 17.6 Å². The maximum absolute atomic E-state index is 13.6. The number of halogens is 4. The van der Waals surface area contributed by atoms with E-state index in [1.165, 1.54) is 6.92 Å². The number of phenolic OH excluding ortho intramolecular Hbond substituents is 1. The Kier molecular flexibility index (Phi) is 2.98. The van der Waals surface area contributed by atoms with Gasteiger partial charge in [-0.05, 0) is 30.7 Å². The predicted octanol–water partition coefficient (Wildman–Crippen LogP) is 3.92. The van der Waals surface area contributed by atoms with Gasteiger partial charge >= 0.3 is 0 Å². The summed E-state index contributed by atoms with van der Waals surface area (Å²) in [6.07, 6.45) is 0. The lowest BCUT2D eigenvalue weighted by Gasteiger charge is -2.08. The molecule has 0 aliphatic carbocycles. The Labute approximate surface area is 100 Å². The number of benzene rings is 2. The average molecular weight is 256 g/mol. The molecule has 1 N–H and O–H groups in total. The predicted molar refractivity (Wildman–Crippen MR) is 58.1 cm³/mol. The second-order valence-corrected chi connectivity index (χ2v) is 3.89. The van der Waals surface area contributed by atoms with E-state index in [9.17, 15) is 17.6 Å². The van der Waals surface area contributed by atoms with Gasteiger partial charge in [-0.25, -0.2) is 17.6 Å². The van der Waals surface area contributed by atoms with Crippen molar-refractivity contribution in [3.63, 3.8) is 0 Å². The van der Waals surface area contributed by atoms with Crippen LogP contribution < -0.4 is 0 Å².